The van der Waals surface area contributed by atoms with Gasteiger partial charge < -0.3 is 5.11 Å². The normalized spacial score (nSPS) is 10.3. The summed E-state index contributed by atoms with van der Waals surface area (Å²) in [6, 6.07) is 5.26. The maximum absolute atomic E-state index is 10.9. The van der Waals surface area contributed by atoms with Gasteiger partial charge in [0.15, 0.2) is 0 Å². The molecule has 0 aliphatic rings. The van der Waals surface area contributed by atoms with Crippen LogP contribution >= 0.6 is 27.7 Å². The van der Waals surface area contributed by atoms with E-state index in [-0.39, 0.29) is 0 Å². The van der Waals surface area contributed by atoms with Crippen molar-refractivity contribution in [3.63, 3.8) is 0 Å². The van der Waals surface area contributed by atoms with Crippen LogP contribution in [0.2, 0.25) is 0 Å². The fourth-order valence-corrected chi connectivity index (χ4v) is 2.81. The molecular formula is C11H13BrO2S. The van der Waals surface area contributed by atoms with Gasteiger partial charge in [0.2, 0.25) is 0 Å². The van der Waals surface area contributed by atoms with Gasteiger partial charge in [-0.15, -0.1) is 11.8 Å². The molecular weight excluding hydrogens is 276 g/mol. The van der Waals surface area contributed by atoms with Gasteiger partial charge in [0.05, 0.1) is 5.56 Å². The van der Waals surface area contributed by atoms with E-state index >= 15 is 0 Å². The summed E-state index contributed by atoms with van der Waals surface area (Å²) in [4.78, 5) is 11.8. The molecule has 1 rings (SSSR count). The van der Waals surface area contributed by atoms with E-state index in [1.54, 1.807) is 23.9 Å². The third-order valence-electron chi connectivity index (χ3n) is 1.93. The first-order valence-corrected chi connectivity index (χ1v) is 6.58. The zero-order valence-corrected chi connectivity index (χ0v) is 10.9. The molecule has 0 heterocycles. The monoisotopic (exact) mass is 288 g/mol. The predicted octanol–water partition coefficient (Wildman–Crippen LogP) is 4.04. The van der Waals surface area contributed by atoms with Gasteiger partial charge in [-0.05, 0) is 30.4 Å². The van der Waals surface area contributed by atoms with Crippen molar-refractivity contribution in [2.75, 3.05) is 5.75 Å². The van der Waals surface area contributed by atoms with Crippen molar-refractivity contribution in [2.45, 2.75) is 24.7 Å². The van der Waals surface area contributed by atoms with Crippen molar-refractivity contribution in [3.8, 4) is 0 Å². The molecule has 2 nitrogen and oxygen atoms in total. The van der Waals surface area contributed by atoms with Crippen LogP contribution in [0.1, 0.15) is 30.1 Å². The average molecular weight is 289 g/mol. The Morgan fingerprint density at radius 3 is 2.87 bits per heavy atom. The Morgan fingerprint density at radius 2 is 2.27 bits per heavy atom. The number of rotatable bonds is 5. The van der Waals surface area contributed by atoms with Crippen molar-refractivity contribution in [3.05, 3.63) is 28.2 Å². The molecule has 0 saturated carbocycles. The number of carboxylic acid groups (broad SMARTS) is 1. The van der Waals surface area contributed by atoms with Gasteiger partial charge >= 0.3 is 5.97 Å². The Morgan fingerprint density at radius 1 is 1.53 bits per heavy atom. The highest BCUT2D eigenvalue weighted by atomic mass is 79.9. The van der Waals surface area contributed by atoms with E-state index in [1.807, 2.05) is 6.07 Å². The van der Waals surface area contributed by atoms with Crippen LogP contribution in [0.3, 0.4) is 0 Å². The highest BCUT2D eigenvalue weighted by Gasteiger charge is 2.10. The summed E-state index contributed by atoms with van der Waals surface area (Å²) in [5.74, 6) is 0.106. The van der Waals surface area contributed by atoms with E-state index in [0.717, 1.165) is 28.0 Å². The minimum atomic E-state index is -0.860. The number of carboxylic acids is 1. The molecule has 0 atom stereocenters. The summed E-state index contributed by atoms with van der Waals surface area (Å²) in [5.41, 5.74) is 0.388. The van der Waals surface area contributed by atoms with Gasteiger partial charge in [0, 0.05) is 9.37 Å². The summed E-state index contributed by atoms with van der Waals surface area (Å²) in [5, 5.41) is 8.98. The second kappa shape index (κ2) is 6.18. The number of thioether (sulfide) groups is 1. The van der Waals surface area contributed by atoms with E-state index in [0.29, 0.717) is 5.56 Å². The lowest BCUT2D eigenvalue weighted by molar-refractivity contribution is 0.0693. The molecule has 1 aromatic rings. The van der Waals surface area contributed by atoms with Gasteiger partial charge in [0.25, 0.3) is 0 Å². The number of unbranched alkanes of at least 4 members (excludes halogenated alkanes) is 1. The molecule has 0 aliphatic heterocycles. The van der Waals surface area contributed by atoms with Crippen LogP contribution in [0.25, 0.3) is 0 Å². The second-order valence-electron chi connectivity index (χ2n) is 3.15. The number of carbonyl (C=O) groups is 1. The molecule has 1 N–H and O–H groups in total. The van der Waals surface area contributed by atoms with Crippen LogP contribution in [-0.2, 0) is 0 Å². The fourth-order valence-electron chi connectivity index (χ4n) is 1.12. The van der Waals surface area contributed by atoms with Gasteiger partial charge in [0.1, 0.15) is 0 Å². The highest BCUT2D eigenvalue weighted by Crippen LogP contribution is 2.27. The lowest BCUT2D eigenvalue weighted by atomic mass is 10.2. The molecule has 0 spiro atoms. The number of hydrogen-bond acceptors (Lipinski definition) is 2. The molecule has 1 aromatic carbocycles. The fraction of sp³-hybridized carbons (Fsp3) is 0.364. The Hall–Kier alpha value is -0.480. The second-order valence-corrected chi connectivity index (χ2v) is 5.20. The molecule has 0 aliphatic carbocycles. The largest absolute Gasteiger partial charge is 0.478 e. The molecule has 4 heteroatoms. The number of hydrogen-bond donors (Lipinski definition) is 1. The molecule has 0 aromatic heterocycles. The molecule has 82 valence electrons. The van der Waals surface area contributed by atoms with Crippen molar-refractivity contribution >= 4 is 33.7 Å². The van der Waals surface area contributed by atoms with Crippen LogP contribution in [0.4, 0.5) is 0 Å². The quantitative estimate of drug-likeness (QED) is 0.656. The van der Waals surface area contributed by atoms with Crippen molar-refractivity contribution in [1.29, 1.82) is 0 Å². The Bertz CT molecular complexity index is 352. The van der Waals surface area contributed by atoms with Crippen molar-refractivity contribution in [2.24, 2.45) is 0 Å². The zero-order valence-electron chi connectivity index (χ0n) is 8.50. The first-order chi connectivity index (χ1) is 7.15. The lowest BCUT2D eigenvalue weighted by Gasteiger charge is -2.05. The van der Waals surface area contributed by atoms with Gasteiger partial charge in [-0.1, -0.05) is 29.3 Å². The van der Waals surface area contributed by atoms with Gasteiger partial charge in [-0.25, -0.2) is 4.79 Å². The zero-order chi connectivity index (χ0) is 11.3. The Labute approximate surface area is 102 Å². The third-order valence-corrected chi connectivity index (χ3v) is 3.56. The summed E-state index contributed by atoms with van der Waals surface area (Å²) in [7, 11) is 0. The lowest BCUT2D eigenvalue weighted by Crippen LogP contribution is -1.98. The van der Waals surface area contributed by atoms with Crippen molar-refractivity contribution in [1.82, 2.24) is 0 Å². The predicted molar refractivity (Wildman–Crippen MR) is 66.7 cm³/mol. The van der Waals surface area contributed by atoms with E-state index in [2.05, 4.69) is 22.9 Å². The van der Waals surface area contributed by atoms with Crippen LogP contribution in [0.5, 0.6) is 0 Å². The summed E-state index contributed by atoms with van der Waals surface area (Å²) in [6.07, 6.45) is 2.24. The molecule has 15 heavy (non-hydrogen) atoms. The molecule has 0 radical (unpaired) electrons. The van der Waals surface area contributed by atoms with E-state index in [1.165, 1.54) is 0 Å². The minimum Gasteiger partial charge on any atom is -0.478 e. The van der Waals surface area contributed by atoms with Crippen LogP contribution in [0, 0.1) is 0 Å². The number of aromatic carboxylic acids is 1. The summed E-state index contributed by atoms with van der Waals surface area (Å²) in [6.45, 7) is 2.12. The van der Waals surface area contributed by atoms with Crippen LogP contribution < -0.4 is 0 Å². The van der Waals surface area contributed by atoms with Crippen LogP contribution in [0.15, 0.2) is 27.6 Å². The van der Waals surface area contributed by atoms with Crippen LogP contribution in [-0.4, -0.2) is 16.8 Å². The van der Waals surface area contributed by atoms with Gasteiger partial charge in [-0.2, -0.15) is 0 Å². The highest BCUT2D eigenvalue weighted by molar-refractivity contribution is 9.10. The Kier molecular flexibility index (Phi) is 5.19. The maximum Gasteiger partial charge on any atom is 0.336 e. The van der Waals surface area contributed by atoms with E-state index < -0.39 is 5.97 Å². The molecule has 0 bridgehead atoms. The molecule has 0 unspecified atom stereocenters. The van der Waals surface area contributed by atoms with E-state index in [9.17, 15) is 4.79 Å². The summed E-state index contributed by atoms with van der Waals surface area (Å²) < 4.78 is 0.923. The number of benzene rings is 1. The van der Waals surface area contributed by atoms with Gasteiger partial charge in [-0.3, -0.25) is 0 Å². The van der Waals surface area contributed by atoms with Crippen molar-refractivity contribution < 1.29 is 9.90 Å². The number of halogens is 1. The Balaban J connectivity index is 2.82. The molecule has 0 fully saturated rings. The summed E-state index contributed by atoms with van der Waals surface area (Å²) >= 11 is 4.95. The average Bonchev–Trinajstić information content (AvgIpc) is 2.18. The third kappa shape index (κ3) is 3.87. The molecule has 0 saturated heterocycles. The maximum atomic E-state index is 10.9. The SMILES string of the molecule is CCCCSc1cc(Br)ccc1C(=O)O. The smallest absolute Gasteiger partial charge is 0.336 e. The molecule has 0 amide bonds. The first-order valence-electron chi connectivity index (χ1n) is 4.80. The topological polar surface area (TPSA) is 37.3 Å². The minimum absolute atomic E-state index is 0.388. The first kappa shape index (κ1) is 12.6. The van der Waals surface area contributed by atoms with E-state index in [4.69, 9.17) is 5.11 Å². The standard InChI is InChI=1S/C11H13BrO2S/c1-2-3-6-15-10-7-8(12)4-5-9(10)11(13)14/h4-5,7H,2-3,6H2,1H3,(H,13,14).